The number of halogens is 1. The predicted molar refractivity (Wildman–Crippen MR) is 69.6 cm³/mol. The molecule has 1 aromatic rings. The fourth-order valence-corrected chi connectivity index (χ4v) is 1.73. The van der Waals surface area contributed by atoms with E-state index >= 15 is 0 Å². The van der Waals surface area contributed by atoms with Gasteiger partial charge in [-0.05, 0) is 30.7 Å². The zero-order chi connectivity index (χ0) is 12.7. The first kappa shape index (κ1) is 14.3. The van der Waals surface area contributed by atoms with Gasteiger partial charge >= 0.3 is 0 Å². The van der Waals surface area contributed by atoms with E-state index in [-0.39, 0.29) is 12.6 Å². The van der Waals surface area contributed by atoms with Gasteiger partial charge in [-0.25, -0.2) is 0 Å². The van der Waals surface area contributed by atoms with E-state index in [2.05, 4.69) is 5.32 Å². The van der Waals surface area contributed by atoms with E-state index < -0.39 is 0 Å². The van der Waals surface area contributed by atoms with Crippen LogP contribution in [0.3, 0.4) is 0 Å². The van der Waals surface area contributed by atoms with Crippen molar-refractivity contribution in [1.82, 2.24) is 5.32 Å². The fraction of sp³-hybridized carbons (Fsp3) is 0.500. The Kier molecular flexibility index (Phi) is 6.29. The quantitative estimate of drug-likeness (QED) is 0.633. The summed E-state index contributed by atoms with van der Waals surface area (Å²) in [5.41, 5.74) is 6.70. The van der Waals surface area contributed by atoms with Gasteiger partial charge in [0.2, 0.25) is 0 Å². The van der Waals surface area contributed by atoms with Gasteiger partial charge in [-0.1, -0.05) is 17.7 Å². The number of aliphatic hydroxyl groups is 1. The highest BCUT2D eigenvalue weighted by Crippen LogP contribution is 2.24. The Balaban J connectivity index is 2.34. The molecule has 4 N–H and O–H groups in total. The highest BCUT2D eigenvalue weighted by molar-refractivity contribution is 6.32. The molecule has 1 aromatic carbocycles. The Morgan fingerprint density at radius 1 is 1.53 bits per heavy atom. The van der Waals surface area contributed by atoms with Gasteiger partial charge in [0.05, 0.1) is 18.7 Å². The second-order valence-electron chi connectivity index (χ2n) is 3.87. The van der Waals surface area contributed by atoms with Gasteiger partial charge in [0.1, 0.15) is 5.75 Å². The molecule has 1 atom stereocenters. The molecular weight excluding hydrogens is 240 g/mol. The van der Waals surface area contributed by atoms with Crippen LogP contribution in [0.4, 0.5) is 0 Å². The predicted octanol–water partition coefficient (Wildman–Crippen LogP) is 0.800. The Morgan fingerprint density at radius 3 is 2.88 bits per heavy atom. The molecule has 0 heterocycles. The lowest BCUT2D eigenvalue weighted by Crippen LogP contribution is -2.37. The summed E-state index contributed by atoms with van der Waals surface area (Å²) in [6.45, 7) is 1.41. The third kappa shape index (κ3) is 4.91. The number of benzene rings is 1. The van der Waals surface area contributed by atoms with Gasteiger partial charge in [-0.15, -0.1) is 0 Å². The largest absolute Gasteiger partial charge is 0.495 e. The average Bonchev–Trinajstić information content (AvgIpc) is 2.34. The number of aliphatic hydroxyl groups excluding tert-OH is 1. The van der Waals surface area contributed by atoms with Crippen LogP contribution in [-0.2, 0) is 6.42 Å². The highest BCUT2D eigenvalue weighted by Gasteiger charge is 2.02. The molecule has 0 saturated heterocycles. The van der Waals surface area contributed by atoms with Crippen LogP contribution >= 0.6 is 11.6 Å². The van der Waals surface area contributed by atoms with Gasteiger partial charge in [-0.3, -0.25) is 0 Å². The molecule has 1 unspecified atom stereocenters. The number of ether oxygens (including phenoxy) is 1. The minimum absolute atomic E-state index is 0.00135. The Hall–Kier alpha value is -0.810. The second kappa shape index (κ2) is 7.50. The van der Waals surface area contributed by atoms with Crippen molar-refractivity contribution >= 4 is 11.6 Å². The zero-order valence-corrected chi connectivity index (χ0v) is 10.7. The first-order chi connectivity index (χ1) is 8.17. The highest BCUT2D eigenvalue weighted by atomic mass is 35.5. The molecule has 1 rings (SSSR count). The van der Waals surface area contributed by atoms with Crippen LogP contribution in [0, 0.1) is 0 Å². The number of hydrogen-bond acceptors (Lipinski definition) is 4. The van der Waals surface area contributed by atoms with Crippen molar-refractivity contribution in [3.05, 3.63) is 28.8 Å². The van der Waals surface area contributed by atoms with Crippen LogP contribution in [0.1, 0.15) is 5.56 Å². The Labute approximate surface area is 107 Å². The minimum Gasteiger partial charge on any atom is -0.495 e. The van der Waals surface area contributed by atoms with Crippen molar-refractivity contribution in [3.63, 3.8) is 0 Å². The summed E-state index contributed by atoms with van der Waals surface area (Å²) in [7, 11) is 1.60. The Bertz CT molecular complexity index is 347. The summed E-state index contributed by atoms with van der Waals surface area (Å²) in [5, 5.41) is 12.5. The zero-order valence-electron chi connectivity index (χ0n) is 9.95. The molecule has 0 bridgehead atoms. The molecule has 96 valence electrons. The van der Waals surface area contributed by atoms with Crippen molar-refractivity contribution in [1.29, 1.82) is 0 Å². The number of rotatable bonds is 7. The minimum atomic E-state index is -0.200. The summed E-state index contributed by atoms with van der Waals surface area (Å²) in [6, 6.07) is 5.54. The summed E-state index contributed by atoms with van der Waals surface area (Å²) >= 11 is 6.02. The smallest absolute Gasteiger partial charge is 0.137 e. The van der Waals surface area contributed by atoms with Gasteiger partial charge in [0.15, 0.2) is 0 Å². The van der Waals surface area contributed by atoms with Crippen LogP contribution in [0.2, 0.25) is 5.02 Å². The van der Waals surface area contributed by atoms with Gasteiger partial charge in [0, 0.05) is 12.6 Å². The van der Waals surface area contributed by atoms with E-state index in [1.807, 2.05) is 18.2 Å². The molecule has 0 saturated carbocycles. The van der Waals surface area contributed by atoms with Crippen LogP contribution in [0.25, 0.3) is 0 Å². The van der Waals surface area contributed by atoms with Crippen molar-refractivity contribution in [3.8, 4) is 5.75 Å². The molecule has 0 amide bonds. The van der Waals surface area contributed by atoms with Gasteiger partial charge in [0.25, 0.3) is 0 Å². The molecule has 0 aliphatic rings. The van der Waals surface area contributed by atoms with Crippen molar-refractivity contribution < 1.29 is 9.84 Å². The maximum absolute atomic E-state index is 8.75. The molecule has 0 spiro atoms. The molecule has 0 aliphatic heterocycles. The van der Waals surface area contributed by atoms with Crippen LogP contribution in [0.15, 0.2) is 18.2 Å². The lowest BCUT2D eigenvalue weighted by Gasteiger charge is -2.10. The van der Waals surface area contributed by atoms with E-state index in [4.69, 9.17) is 27.2 Å². The van der Waals surface area contributed by atoms with Gasteiger partial charge < -0.3 is 20.9 Å². The van der Waals surface area contributed by atoms with Crippen LogP contribution in [0.5, 0.6) is 5.75 Å². The number of nitrogens with one attached hydrogen (secondary N) is 1. The van der Waals surface area contributed by atoms with Gasteiger partial charge in [-0.2, -0.15) is 0 Å². The lowest BCUT2D eigenvalue weighted by atomic mass is 10.1. The number of methoxy groups -OCH3 is 1. The maximum atomic E-state index is 8.75. The first-order valence-electron chi connectivity index (χ1n) is 5.57. The summed E-state index contributed by atoms with van der Waals surface area (Å²) in [5.74, 6) is 0.686. The summed E-state index contributed by atoms with van der Waals surface area (Å²) in [6.07, 6.45) is 0.863. The lowest BCUT2D eigenvalue weighted by molar-refractivity contribution is 0.262. The first-order valence-corrected chi connectivity index (χ1v) is 5.94. The average molecular weight is 259 g/mol. The van der Waals surface area contributed by atoms with Crippen molar-refractivity contribution in [2.24, 2.45) is 5.73 Å². The summed E-state index contributed by atoms with van der Waals surface area (Å²) in [4.78, 5) is 0. The topological polar surface area (TPSA) is 67.5 Å². The van der Waals surface area contributed by atoms with E-state index in [9.17, 15) is 0 Å². The van der Waals surface area contributed by atoms with Crippen molar-refractivity contribution in [2.45, 2.75) is 12.5 Å². The normalized spacial score (nSPS) is 12.5. The SMILES string of the molecule is COc1ccc(CCNCC(N)CO)cc1Cl. The third-order valence-electron chi connectivity index (χ3n) is 2.45. The fourth-order valence-electron chi connectivity index (χ4n) is 1.45. The monoisotopic (exact) mass is 258 g/mol. The molecule has 0 aromatic heterocycles. The Morgan fingerprint density at radius 2 is 2.29 bits per heavy atom. The molecule has 5 heteroatoms. The number of nitrogens with two attached hydrogens (primary N) is 1. The molecule has 0 aliphatic carbocycles. The summed E-state index contributed by atoms with van der Waals surface area (Å²) < 4.78 is 5.08. The second-order valence-corrected chi connectivity index (χ2v) is 4.27. The molecule has 0 fully saturated rings. The molecule has 0 radical (unpaired) electrons. The van der Waals surface area contributed by atoms with Crippen LogP contribution in [-0.4, -0.2) is 38.0 Å². The van der Waals surface area contributed by atoms with Crippen LogP contribution < -0.4 is 15.8 Å². The van der Waals surface area contributed by atoms with E-state index in [1.54, 1.807) is 7.11 Å². The number of hydrogen-bond donors (Lipinski definition) is 3. The maximum Gasteiger partial charge on any atom is 0.137 e. The van der Waals surface area contributed by atoms with Crippen molar-refractivity contribution in [2.75, 3.05) is 26.8 Å². The van der Waals surface area contributed by atoms with E-state index in [1.165, 1.54) is 0 Å². The van der Waals surface area contributed by atoms with E-state index in [0.29, 0.717) is 17.3 Å². The molecule has 4 nitrogen and oxygen atoms in total. The standard InChI is InChI=1S/C12H19ClN2O2/c1-17-12-3-2-9(6-11(12)13)4-5-15-7-10(14)8-16/h2-3,6,10,15-16H,4-5,7-8,14H2,1H3. The molecular formula is C12H19ClN2O2. The van der Waals surface area contributed by atoms with E-state index in [0.717, 1.165) is 18.5 Å². The molecule has 17 heavy (non-hydrogen) atoms. The third-order valence-corrected chi connectivity index (χ3v) is 2.74.